The van der Waals surface area contributed by atoms with Crippen LogP contribution < -0.4 is 0 Å². The number of aromatic nitrogens is 8. The van der Waals surface area contributed by atoms with Gasteiger partial charge in [0, 0.05) is 66.3 Å². The molecule has 0 N–H and O–H groups in total. The highest BCUT2D eigenvalue weighted by Gasteiger charge is 2.21. The molecule has 15 aromatic rings. The van der Waals surface area contributed by atoms with Crippen molar-refractivity contribution in [3.05, 3.63) is 277 Å². The van der Waals surface area contributed by atoms with Gasteiger partial charge in [-0.15, -0.1) is 0 Å². The van der Waals surface area contributed by atoms with E-state index in [-0.39, 0.29) is 0 Å². The third-order valence-electron chi connectivity index (χ3n) is 15.9. The monoisotopic (exact) mass is 1080 g/mol. The van der Waals surface area contributed by atoms with Crippen LogP contribution in [0.4, 0.5) is 0 Å². The molecule has 0 aliphatic carbocycles. The number of rotatable bonds is 10. The van der Waals surface area contributed by atoms with Gasteiger partial charge in [-0.2, -0.15) is 0 Å². The molecule has 84 heavy (non-hydrogen) atoms. The second-order valence-corrected chi connectivity index (χ2v) is 21.9. The minimum atomic E-state index is 0.574. The summed E-state index contributed by atoms with van der Waals surface area (Å²) in [6, 6.07) is 90.1. The second-order valence-electron chi connectivity index (χ2n) is 21.9. The van der Waals surface area contributed by atoms with Crippen LogP contribution in [-0.2, 0) is 0 Å². The maximum atomic E-state index is 5.30. The fourth-order valence-corrected chi connectivity index (χ4v) is 11.9. The van der Waals surface area contributed by atoms with Crippen molar-refractivity contribution in [2.45, 2.75) is 27.7 Å². The van der Waals surface area contributed by atoms with Gasteiger partial charge in [-0.05, 0) is 141 Å². The molecule has 0 aliphatic heterocycles. The van der Waals surface area contributed by atoms with E-state index in [9.17, 15) is 0 Å². The summed E-state index contributed by atoms with van der Waals surface area (Å²) in [6.07, 6.45) is 0. The van der Waals surface area contributed by atoms with Crippen molar-refractivity contribution in [3.8, 4) is 102 Å². The number of hydrogen-bond donors (Lipinski definition) is 0. The Kier molecular flexibility index (Phi) is 12.2. The van der Waals surface area contributed by atoms with Crippen LogP contribution in [0.25, 0.3) is 146 Å². The normalized spacial score (nSPS) is 11.6. The summed E-state index contributed by atoms with van der Waals surface area (Å²) in [5, 5.41) is 4.81. The average Bonchev–Trinajstić information content (AvgIpc) is 2.71. The fourth-order valence-electron chi connectivity index (χ4n) is 11.9. The molecule has 0 aliphatic rings. The summed E-state index contributed by atoms with van der Waals surface area (Å²) in [4.78, 5) is 31.4. The lowest BCUT2D eigenvalue weighted by Crippen LogP contribution is -2.02. The van der Waals surface area contributed by atoms with Crippen molar-refractivity contribution in [1.82, 2.24) is 39.0 Å². The van der Waals surface area contributed by atoms with E-state index < -0.39 is 0 Å². The van der Waals surface area contributed by atoms with Gasteiger partial charge in [-0.1, -0.05) is 186 Å². The molecule has 0 saturated carbocycles. The van der Waals surface area contributed by atoms with E-state index in [1.54, 1.807) is 0 Å². The molecule has 398 valence electrons. The van der Waals surface area contributed by atoms with Crippen molar-refractivity contribution in [1.29, 1.82) is 0 Å². The van der Waals surface area contributed by atoms with Gasteiger partial charge in [-0.3, -0.25) is 0 Å². The predicted octanol–water partition coefficient (Wildman–Crippen LogP) is 18.8. The van der Waals surface area contributed by atoms with Crippen LogP contribution in [0.2, 0.25) is 0 Å². The third kappa shape index (κ3) is 9.16. The summed E-state index contributed by atoms with van der Waals surface area (Å²) in [5.74, 6) is 3.56. The van der Waals surface area contributed by atoms with Crippen LogP contribution >= 0.6 is 0 Å². The number of aryl methyl sites for hydroxylation is 4. The van der Waals surface area contributed by atoms with Crippen molar-refractivity contribution in [3.63, 3.8) is 0 Å². The molecule has 0 unspecified atom stereocenters. The molecule has 0 saturated heterocycles. The lowest BCUT2D eigenvalue weighted by atomic mass is 9.95. The Morgan fingerprint density at radius 1 is 0.202 bits per heavy atom. The third-order valence-corrected chi connectivity index (χ3v) is 15.9. The Hall–Kier alpha value is -11.0. The van der Waals surface area contributed by atoms with E-state index in [1.165, 1.54) is 43.8 Å². The zero-order chi connectivity index (χ0) is 56.4. The van der Waals surface area contributed by atoms with E-state index in [2.05, 4.69) is 219 Å². The maximum absolute atomic E-state index is 5.30. The summed E-state index contributed by atoms with van der Waals surface area (Å²) in [7, 11) is 0. The number of nitrogens with zero attached hydrogens (tertiary/aromatic N) is 8. The predicted molar refractivity (Wildman–Crippen MR) is 344 cm³/mol. The van der Waals surface area contributed by atoms with Crippen LogP contribution in [0.5, 0.6) is 0 Å². The molecular weight excluding hydrogens is 1020 g/mol. The summed E-state index contributed by atoms with van der Waals surface area (Å²) in [5.41, 5.74) is 20.7. The largest absolute Gasteiger partial charge is 0.309 e. The van der Waals surface area contributed by atoms with Gasteiger partial charge in [-0.25, -0.2) is 29.9 Å². The molecule has 0 atom stereocenters. The molecule has 15 rings (SSSR count). The zero-order valence-corrected chi connectivity index (χ0v) is 46.8. The number of hydrogen-bond acceptors (Lipinski definition) is 6. The molecule has 4 heterocycles. The van der Waals surface area contributed by atoms with E-state index in [4.69, 9.17) is 29.9 Å². The van der Waals surface area contributed by atoms with Crippen molar-refractivity contribution in [2.24, 2.45) is 0 Å². The minimum absolute atomic E-state index is 0.574. The molecular formula is C76H54N8. The Bertz CT molecular complexity index is 4500. The molecule has 8 nitrogen and oxygen atoms in total. The van der Waals surface area contributed by atoms with Gasteiger partial charge in [0.15, 0.2) is 34.9 Å². The topological polar surface area (TPSA) is 87.2 Å². The summed E-state index contributed by atoms with van der Waals surface area (Å²) >= 11 is 0. The highest BCUT2D eigenvalue weighted by molar-refractivity contribution is 6.11. The first-order valence-corrected chi connectivity index (χ1v) is 28.4. The number of benzene rings is 11. The van der Waals surface area contributed by atoms with E-state index in [0.717, 1.165) is 89.1 Å². The Balaban J connectivity index is 0.971. The van der Waals surface area contributed by atoms with Gasteiger partial charge in [0.05, 0.1) is 22.1 Å². The van der Waals surface area contributed by atoms with Gasteiger partial charge in [0.2, 0.25) is 0 Å². The maximum Gasteiger partial charge on any atom is 0.164 e. The minimum Gasteiger partial charge on any atom is -0.309 e. The van der Waals surface area contributed by atoms with Crippen LogP contribution in [0.15, 0.2) is 255 Å². The van der Waals surface area contributed by atoms with E-state index in [0.29, 0.717) is 34.9 Å². The van der Waals surface area contributed by atoms with Crippen molar-refractivity contribution < 1.29 is 0 Å². The van der Waals surface area contributed by atoms with Gasteiger partial charge in [0.1, 0.15) is 0 Å². The van der Waals surface area contributed by atoms with Crippen LogP contribution in [0.1, 0.15) is 22.3 Å². The zero-order valence-electron chi connectivity index (χ0n) is 46.8. The summed E-state index contributed by atoms with van der Waals surface area (Å²) < 4.78 is 4.79. The van der Waals surface area contributed by atoms with Gasteiger partial charge in [0.25, 0.3) is 0 Å². The first-order valence-electron chi connectivity index (χ1n) is 28.4. The molecule has 4 aromatic heterocycles. The second kappa shape index (κ2) is 20.5. The molecule has 0 radical (unpaired) electrons. The quantitative estimate of drug-likeness (QED) is 0.136. The van der Waals surface area contributed by atoms with E-state index >= 15 is 0 Å². The van der Waals surface area contributed by atoms with Gasteiger partial charge < -0.3 is 9.13 Å². The summed E-state index contributed by atoms with van der Waals surface area (Å²) in [6.45, 7) is 8.65. The van der Waals surface area contributed by atoms with E-state index in [1.807, 2.05) is 72.8 Å². The molecule has 8 heteroatoms. The highest BCUT2D eigenvalue weighted by atomic mass is 15.1. The smallest absolute Gasteiger partial charge is 0.164 e. The Labute approximate surface area is 486 Å². The van der Waals surface area contributed by atoms with Crippen LogP contribution in [-0.4, -0.2) is 39.0 Å². The molecule has 0 amide bonds. The first-order chi connectivity index (χ1) is 41.2. The molecule has 0 fully saturated rings. The molecule has 0 bridgehead atoms. The fraction of sp³-hybridized carbons (Fsp3) is 0.0526. The van der Waals surface area contributed by atoms with Gasteiger partial charge >= 0.3 is 0 Å². The molecule has 11 aromatic carbocycles. The Morgan fingerprint density at radius 3 is 0.726 bits per heavy atom. The highest BCUT2D eigenvalue weighted by Crippen LogP contribution is 2.41. The number of fused-ring (bicyclic) bond motifs is 6. The lowest BCUT2D eigenvalue weighted by Gasteiger charge is -2.16. The van der Waals surface area contributed by atoms with Crippen LogP contribution in [0, 0.1) is 27.7 Å². The van der Waals surface area contributed by atoms with Crippen LogP contribution in [0.3, 0.4) is 0 Å². The van der Waals surface area contributed by atoms with Crippen molar-refractivity contribution in [2.75, 3.05) is 0 Å². The lowest BCUT2D eigenvalue weighted by molar-refractivity contribution is 1.07. The first kappa shape index (κ1) is 50.0. The SMILES string of the molecule is Cc1ccc2c(c1)c1cc(C)ccc1n2-c1cc(-c2cccc(-c3cc(-c4nc(-c5ccccc5)nc(-c5ccccc5)n4)cc(-n4c5ccc(C)cc5c5cc(C)ccc54)c3)c2)cc(-c2nc(-c3ccccc3)nc(-c3ccccc3)n2)c1. The standard InChI is InChI=1S/C76H54N8/c1-47-28-32-67-63(36-47)64-37-48(2)29-33-68(64)83(67)61-43-57(41-59(45-61)75-79-71(51-18-9-5-10-19-51)77-72(80-75)52-20-11-6-12-21-52)55-26-17-27-56(40-55)58-42-60(76-81-73(53-22-13-7-14-23-53)78-74(82-76)54-24-15-8-16-25-54)46-62(44-58)84-69-34-30-49(3)38-65(69)66-39-50(4)31-35-70(66)84/h5-46H,1-4H3. The average molecular weight is 1080 g/mol. The van der Waals surface area contributed by atoms with Crippen molar-refractivity contribution >= 4 is 43.6 Å². The molecule has 0 spiro atoms. The Morgan fingerprint density at radius 2 is 0.440 bits per heavy atom.